The topological polar surface area (TPSA) is 52.6 Å². The molecule has 0 atom stereocenters. The fraction of sp³-hybridized carbons (Fsp3) is 0.500. The van der Waals surface area contributed by atoms with Gasteiger partial charge < -0.3 is 9.47 Å². The Labute approximate surface area is 144 Å². The molecule has 0 amide bonds. The first kappa shape index (κ1) is 19.9. The van der Waals surface area contributed by atoms with Crippen LogP contribution in [0.3, 0.4) is 0 Å². The number of methoxy groups -OCH3 is 2. The van der Waals surface area contributed by atoms with Gasteiger partial charge in [-0.15, -0.1) is 0 Å². The van der Waals surface area contributed by atoms with Crippen molar-refractivity contribution in [2.24, 2.45) is 0 Å². The lowest BCUT2D eigenvalue weighted by Gasteiger charge is -2.14. The molecule has 132 valence electrons. The van der Waals surface area contributed by atoms with Crippen molar-refractivity contribution in [2.75, 3.05) is 14.2 Å². The van der Waals surface area contributed by atoms with Crippen molar-refractivity contribution in [3.05, 3.63) is 40.5 Å². The van der Waals surface area contributed by atoms with Crippen LogP contribution in [0.1, 0.15) is 66.6 Å². The minimum atomic E-state index is -0.380. The van der Waals surface area contributed by atoms with Gasteiger partial charge in [0, 0.05) is 6.08 Å². The molecule has 0 fully saturated rings. The number of rotatable bonds is 9. The van der Waals surface area contributed by atoms with E-state index in [4.69, 9.17) is 9.47 Å². The summed E-state index contributed by atoms with van der Waals surface area (Å²) in [4.78, 5) is 23.4. The van der Waals surface area contributed by atoms with Crippen LogP contribution >= 0.6 is 0 Å². The molecule has 4 heteroatoms. The van der Waals surface area contributed by atoms with Crippen molar-refractivity contribution in [3.63, 3.8) is 0 Å². The van der Waals surface area contributed by atoms with Gasteiger partial charge in [-0.05, 0) is 60.6 Å². The standard InChI is InChI=1S/C20H28O4/c1-5-7-9-15-13-17(20(22)24-4)14-16(10-8-6-2)18(15)11-12-19(21)23-3/h11-14H,5-10H2,1-4H3/b12-11+. The Morgan fingerprint density at radius 1 is 0.958 bits per heavy atom. The van der Waals surface area contributed by atoms with Crippen molar-refractivity contribution in [3.8, 4) is 0 Å². The SMILES string of the molecule is CCCCc1cc(C(=O)OC)cc(CCCC)c1/C=C/C(=O)OC. The van der Waals surface area contributed by atoms with Gasteiger partial charge in [-0.3, -0.25) is 0 Å². The van der Waals surface area contributed by atoms with Crippen LogP contribution in [0.5, 0.6) is 0 Å². The second-order valence-corrected chi connectivity index (χ2v) is 5.76. The molecule has 4 nitrogen and oxygen atoms in total. The Morgan fingerprint density at radius 2 is 1.50 bits per heavy atom. The van der Waals surface area contributed by atoms with Gasteiger partial charge in [-0.1, -0.05) is 26.7 Å². The Morgan fingerprint density at radius 3 is 1.92 bits per heavy atom. The molecular formula is C20H28O4. The van der Waals surface area contributed by atoms with Gasteiger partial charge in [0.15, 0.2) is 0 Å². The zero-order valence-corrected chi connectivity index (χ0v) is 15.2. The van der Waals surface area contributed by atoms with E-state index in [0.29, 0.717) is 5.56 Å². The number of hydrogen-bond acceptors (Lipinski definition) is 4. The molecule has 0 bridgehead atoms. The molecule has 1 aromatic rings. The van der Waals surface area contributed by atoms with E-state index in [-0.39, 0.29) is 11.9 Å². The minimum Gasteiger partial charge on any atom is -0.466 e. The Hall–Kier alpha value is -2.10. The Bertz CT molecular complexity index is 558. The number of unbranched alkanes of at least 4 members (excludes halogenated alkanes) is 2. The molecule has 0 heterocycles. The van der Waals surface area contributed by atoms with E-state index in [1.54, 1.807) is 0 Å². The number of hydrogen-bond donors (Lipinski definition) is 0. The third-order valence-electron chi connectivity index (χ3n) is 3.96. The number of carbonyl (C=O) groups excluding carboxylic acids is 2. The maximum Gasteiger partial charge on any atom is 0.337 e. The quantitative estimate of drug-likeness (QED) is 0.498. The van der Waals surface area contributed by atoms with Crippen LogP contribution in [0.25, 0.3) is 6.08 Å². The fourth-order valence-corrected chi connectivity index (χ4v) is 2.60. The maximum absolute atomic E-state index is 12.0. The highest BCUT2D eigenvalue weighted by Crippen LogP contribution is 2.24. The van der Waals surface area contributed by atoms with Crippen LogP contribution in [-0.2, 0) is 27.1 Å². The molecule has 0 spiro atoms. The molecule has 0 N–H and O–H groups in total. The zero-order valence-electron chi connectivity index (χ0n) is 15.2. The summed E-state index contributed by atoms with van der Waals surface area (Å²) in [5, 5.41) is 0. The third-order valence-corrected chi connectivity index (χ3v) is 3.96. The summed E-state index contributed by atoms with van der Waals surface area (Å²) in [6, 6.07) is 3.77. The molecule has 0 aliphatic heterocycles. The number of carbonyl (C=O) groups is 2. The summed E-state index contributed by atoms with van der Waals surface area (Å²) < 4.78 is 9.57. The van der Waals surface area contributed by atoms with E-state index >= 15 is 0 Å². The molecule has 0 saturated heterocycles. The van der Waals surface area contributed by atoms with Crippen molar-refractivity contribution in [2.45, 2.75) is 52.4 Å². The van der Waals surface area contributed by atoms with Crippen LogP contribution in [0.4, 0.5) is 0 Å². The predicted octanol–water partition coefficient (Wildman–Crippen LogP) is 4.34. The normalized spacial score (nSPS) is 10.8. The smallest absolute Gasteiger partial charge is 0.337 e. The lowest BCUT2D eigenvalue weighted by atomic mass is 9.91. The van der Waals surface area contributed by atoms with Crippen LogP contribution in [0.15, 0.2) is 18.2 Å². The molecule has 0 aliphatic rings. The summed E-state index contributed by atoms with van der Waals surface area (Å²) in [6.07, 6.45) is 9.15. The lowest BCUT2D eigenvalue weighted by Crippen LogP contribution is -2.07. The molecule has 1 rings (SSSR count). The average molecular weight is 332 g/mol. The van der Waals surface area contributed by atoms with E-state index < -0.39 is 0 Å². The number of benzene rings is 1. The van der Waals surface area contributed by atoms with Crippen LogP contribution in [-0.4, -0.2) is 26.2 Å². The third kappa shape index (κ3) is 5.84. The number of ether oxygens (including phenoxy) is 2. The number of aryl methyl sites for hydroxylation is 2. The van der Waals surface area contributed by atoms with Gasteiger partial charge in [-0.2, -0.15) is 0 Å². The summed E-state index contributed by atoms with van der Waals surface area (Å²) in [5.74, 6) is -0.705. The zero-order chi connectivity index (χ0) is 17.9. The molecule has 0 unspecified atom stereocenters. The molecule has 1 aromatic carbocycles. The van der Waals surface area contributed by atoms with Crippen molar-refractivity contribution in [1.82, 2.24) is 0 Å². The summed E-state index contributed by atoms with van der Waals surface area (Å²) in [7, 11) is 2.76. The molecule has 0 aromatic heterocycles. The Balaban J connectivity index is 3.37. The van der Waals surface area contributed by atoms with Crippen molar-refractivity contribution >= 4 is 18.0 Å². The molecule has 0 radical (unpaired) electrons. The van der Waals surface area contributed by atoms with Gasteiger partial charge in [0.1, 0.15) is 0 Å². The summed E-state index contributed by atoms with van der Waals surface area (Å²) in [6.45, 7) is 4.26. The van der Waals surface area contributed by atoms with E-state index in [0.717, 1.165) is 55.2 Å². The largest absolute Gasteiger partial charge is 0.466 e. The number of esters is 2. The van der Waals surface area contributed by atoms with Crippen LogP contribution in [0, 0.1) is 0 Å². The van der Waals surface area contributed by atoms with Gasteiger partial charge >= 0.3 is 11.9 Å². The molecule has 0 saturated carbocycles. The highest BCUT2D eigenvalue weighted by Gasteiger charge is 2.14. The first-order valence-electron chi connectivity index (χ1n) is 8.57. The molecule has 0 aliphatic carbocycles. The van der Waals surface area contributed by atoms with Crippen LogP contribution < -0.4 is 0 Å². The first-order chi connectivity index (χ1) is 11.6. The highest BCUT2D eigenvalue weighted by atomic mass is 16.5. The minimum absolute atomic E-state index is 0.325. The second kappa shape index (κ2) is 10.6. The lowest BCUT2D eigenvalue weighted by molar-refractivity contribution is -0.134. The molecule has 24 heavy (non-hydrogen) atoms. The van der Waals surface area contributed by atoms with Gasteiger partial charge in [0.05, 0.1) is 19.8 Å². The summed E-state index contributed by atoms with van der Waals surface area (Å²) >= 11 is 0. The van der Waals surface area contributed by atoms with Gasteiger partial charge in [-0.25, -0.2) is 9.59 Å². The predicted molar refractivity (Wildman–Crippen MR) is 96.1 cm³/mol. The van der Waals surface area contributed by atoms with E-state index in [2.05, 4.69) is 13.8 Å². The second-order valence-electron chi connectivity index (χ2n) is 5.76. The van der Waals surface area contributed by atoms with Crippen molar-refractivity contribution < 1.29 is 19.1 Å². The Kier molecular flexibility index (Phi) is 8.84. The average Bonchev–Trinajstić information content (AvgIpc) is 2.61. The maximum atomic E-state index is 12.0. The van der Waals surface area contributed by atoms with E-state index in [9.17, 15) is 9.59 Å². The highest BCUT2D eigenvalue weighted by molar-refractivity contribution is 5.91. The van der Waals surface area contributed by atoms with Crippen LogP contribution in [0.2, 0.25) is 0 Å². The van der Waals surface area contributed by atoms with Crippen molar-refractivity contribution in [1.29, 1.82) is 0 Å². The van der Waals surface area contributed by atoms with E-state index in [1.807, 2.05) is 18.2 Å². The first-order valence-corrected chi connectivity index (χ1v) is 8.57. The fourth-order valence-electron chi connectivity index (χ4n) is 2.60. The monoisotopic (exact) mass is 332 g/mol. The van der Waals surface area contributed by atoms with E-state index in [1.165, 1.54) is 20.3 Å². The van der Waals surface area contributed by atoms with Gasteiger partial charge in [0.25, 0.3) is 0 Å². The molecular weight excluding hydrogens is 304 g/mol. The van der Waals surface area contributed by atoms with Gasteiger partial charge in [0.2, 0.25) is 0 Å². The summed E-state index contributed by atoms with van der Waals surface area (Å²) in [5.41, 5.74) is 3.75.